The molecule has 20 heavy (non-hydrogen) atoms. The zero-order valence-electron chi connectivity index (χ0n) is 10.5. The van der Waals surface area contributed by atoms with E-state index in [-0.39, 0.29) is 12.5 Å². The molecule has 0 unspecified atom stereocenters. The molecule has 0 bridgehead atoms. The minimum absolute atomic E-state index is 0.147. The van der Waals surface area contributed by atoms with E-state index in [4.69, 9.17) is 10.3 Å². The summed E-state index contributed by atoms with van der Waals surface area (Å²) in [5, 5.41) is 6.31. The fourth-order valence-corrected chi connectivity index (χ4v) is 2.60. The van der Waals surface area contributed by atoms with Crippen molar-refractivity contribution in [1.29, 1.82) is 0 Å². The number of nitrogens with one attached hydrogen (secondary N) is 1. The van der Waals surface area contributed by atoms with Crippen LogP contribution in [0.5, 0.6) is 0 Å². The number of amides is 1. The van der Waals surface area contributed by atoms with Crippen LogP contribution in [-0.4, -0.2) is 26.0 Å². The number of nitrogen functional groups attached to an aromatic ring is 1. The highest BCUT2D eigenvalue weighted by Crippen LogP contribution is 2.30. The molecule has 3 aromatic rings. The van der Waals surface area contributed by atoms with E-state index in [0.29, 0.717) is 32.6 Å². The summed E-state index contributed by atoms with van der Waals surface area (Å²) < 4.78 is 4.91. The summed E-state index contributed by atoms with van der Waals surface area (Å²) in [6.07, 6.45) is 3.09. The zero-order chi connectivity index (χ0) is 14.1. The summed E-state index contributed by atoms with van der Waals surface area (Å²) in [6, 6.07) is 0. The van der Waals surface area contributed by atoms with Crippen molar-refractivity contribution in [2.45, 2.75) is 13.5 Å². The van der Waals surface area contributed by atoms with Crippen molar-refractivity contribution in [3.05, 3.63) is 29.0 Å². The largest absolute Gasteiger partial charge is 0.396 e. The van der Waals surface area contributed by atoms with Gasteiger partial charge in [0, 0.05) is 12.4 Å². The fraction of sp³-hybridized carbons (Fsp3) is 0.182. The summed E-state index contributed by atoms with van der Waals surface area (Å²) in [4.78, 5) is 25.3. The highest BCUT2D eigenvalue weighted by Gasteiger charge is 2.18. The van der Waals surface area contributed by atoms with Gasteiger partial charge >= 0.3 is 0 Å². The molecule has 0 aliphatic carbocycles. The first-order chi connectivity index (χ1) is 9.65. The number of anilines is 1. The second-order valence-corrected chi connectivity index (χ2v) is 4.97. The average Bonchev–Trinajstić information content (AvgIpc) is 3.01. The summed E-state index contributed by atoms with van der Waals surface area (Å²) in [7, 11) is 0. The molecule has 8 nitrogen and oxygen atoms in total. The number of carbonyl (C=O) groups is 1. The molecule has 1 amide bonds. The number of nitrogens with zero attached hydrogens (tertiary/aromatic N) is 4. The number of hydrogen-bond donors (Lipinski definition) is 2. The summed E-state index contributed by atoms with van der Waals surface area (Å²) in [5.74, 6) is 0.541. The second-order valence-electron chi connectivity index (χ2n) is 3.97. The lowest BCUT2D eigenvalue weighted by molar-refractivity contribution is 0.0951. The molecule has 0 spiro atoms. The van der Waals surface area contributed by atoms with E-state index in [9.17, 15) is 4.79 Å². The van der Waals surface area contributed by atoms with Gasteiger partial charge in [0.05, 0.1) is 12.2 Å². The first kappa shape index (κ1) is 12.5. The highest BCUT2D eigenvalue weighted by atomic mass is 32.1. The van der Waals surface area contributed by atoms with Crippen LogP contribution in [0.3, 0.4) is 0 Å². The van der Waals surface area contributed by atoms with Gasteiger partial charge in [-0.15, -0.1) is 11.3 Å². The van der Waals surface area contributed by atoms with Gasteiger partial charge in [-0.3, -0.25) is 4.79 Å². The number of aromatic nitrogens is 4. The lowest BCUT2D eigenvalue weighted by Crippen LogP contribution is -2.22. The van der Waals surface area contributed by atoms with Gasteiger partial charge in [-0.1, -0.05) is 5.16 Å². The average molecular weight is 290 g/mol. The van der Waals surface area contributed by atoms with Crippen molar-refractivity contribution in [3.8, 4) is 0 Å². The minimum Gasteiger partial charge on any atom is -0.396 e. The fourth-order valence-electron chi connectivity index (χ4n) is 1.66. The Kier molecular flexibility index (Phi) is 3.03. The smallest absolute Gasteiger partial charge is 0.264 e. The number of rotatable bonds is 3. The first-order valence-corrected chi connectivity index (χ1v) is 6.53. The Balaban J connectivity index is 1.80. The molecule has 0 aromatic carbocycles. The van der Waals surface area contributed by atoms with Crippen molar-refractivity contribution in [3.63, 3.8) is 0 Å². The van der Waals surface area contributed by atoms with Crippen LogP contribution in [0.15, 0.2) is 16.9 Å². The molecular formula is C11H10N6O2S. The molecule has 0 saturated carbocycles. The SMILES string of the molecule is Cc1noc(CNC(=O)c2sc3nccnc3c2N)n1. The third-order valence-corrected chi connectivity index (χ3v) is 3.64. The van der Waals surface area contributed by atoms with Crippen LogP contribution in [0, 0.1) is 6.92 Å². The highest BCUT2D eigenvalue weighted by molar-refractivity contribution is 7.21. The van der Waals surface area contributed by atoms with Gasteiger partial charge in [0.1, 0.15) is 15.2 Å². The molecule has 0 aliphatic heterocycles. The van der Waals surface area contributed by atoms with Crippen molar-refractivity contribution in [1.82, 2.24) is 25.4 Å². The molecule has 0 atom stereocenters. The standard InChI is InChI=1S/C11H10N6O2S/c1-5-16-6(19-17-5)4-15-10(18)9-7(12)8-11(20-9)14-3-2-13-8/h2-3H,4,12H2,1H3,(H,15,18). The van der Waals surface area contributed by atoms with Crippen molar-refractivity contribution < 1.29 is 9.32 Å². The van der Waals surface area contributed by atoms with Gasteiger partial charge in [0.15, 0.2) is 5.82 Å². The molecule has 3 rings (SSSR count). The number of aryl methyl sites for hydroxylation is 1. The van der Waals surface area contributed by atoms with Crippen LogP contribution in [0.25, 0.3) is 10.3 Å². The van der Waals surface area contributed by atoms with Gasteiger partial charge in [-0.2, -0.15) is 4.98 Å². The predicted octanol–water partition coefficient (Wildman–Crippen LogP) is 0.895. The molecule has 0 aliphatic rings. The zero-order valence-corrected chi connectivity index (χ0v) is 11.3. The van der Waals surface area contributed by atoms with E-state index in [0.717, 1.165) is 0 Å². The van der Waals surface area contributed by atoms with E-state index in [1.807, 2.05) is 0 Å². The number of carbonyl (C=O) groups excluding carboxylic acids is 1. The van der Waals surface area contributed by atoms with Crippen LogP contribution in [0.4, 0.5) is 5.69 Å². The van der Waals surface area contributed by atoms with Crippen molar-refractivity contribution in [2.24, 2.45) is 0 Å². The quantitative estimate of drug-likeness (QED) is 0.735. The number of thiophene rings is 1. The normalized spacial score (nSPS) is 10.8. The number of nitrogens with two attached hydrogens (primary N) is 1. The maximum Gasteiger partial charge on any atom is 0.264 e. The number of fused-ring (bicyclic) bond motifs is 1. The third-order valence-electron chi connectivity index (χ3n) is 2.54. The molecule has 3 aromatic heterocycles. The van der Waals surface area contributed by atoms with E-state index in [1.54, 1.807) is 13.1 Å². The van der Waals surface area contributed by atoms with Crippen LogP contribution in [0.2, 0.25) is 0 Å². The van der Waals surface area contributed by atoms with Crippen LogP contribution in [-0.2, 0) is 6.54 Å². The Morgan fingerprint density at radius 3 is 2.95 bits per heavy atom. The Morgan fingerprint density at radius 1 is 1.45 bits per heavy atom. The lowest BCUT2D eigenvalue weighted by atomic mass is 10.3. The summed E-state index contributed by atoms with van der Waals surface area (Å²) in [5.41, 5.74) is 6.78. The Morgan fingerprint density at radius 2 is 2.25 bits per heavy atom. The Bertz CT molecular complexity index is 780. The Hall–Kier alpha value is -2.55. The molecule has 3 N–H and O–H groups in total. The van der Waals surface area contributed by atoms with Crippen LogP contribution < -0.4 is 11.1 Å². The third kappa shape index (κ3) is 2.18. The Labute approximate surface area is 117 Å². The van der Waals surface area contributed by atoms with E-state index >= 15 is 0 Å². The first-order valence-electron chi connectivity index (χ1n) is 5.71. The molecule has 9 heteroatoms. The van der Waals surface area contributed by atoms with Gasteiger partial charge < -0.3 is 15.6 Å². The topological polar surface area (TPSA) is 120 Å². The number of hydrogen-bond acceptors (Lipinski definition) is 8. The maximum absolute atomic E-state index is 12.1. The molecule has 102 valence electrons. The molecule has 0 fully saturated rings. The van der Waals surface area contributed by atoms with E-state index in [2.05, 4.69) is 25.4 Å². The van der Waals surface area contributed by atoms with Crippen molar-refractivity contribution in [2.75, 3.05) is 5.73 Å². The lowest BCUT2D eigenvalue weighted by Gasteiger charge is -2.00. The molecule has 0 saturated heterocycles. The molecule has 0 radical (unpaired) electrons. The van der Waals surface area contributed by atoms with E-state index in [1.165, 1.54) is 17.5 Å². The maximum atomic E-state index is 12.1. The molecule has 3 heterocycles. The second kappa shape index (κ2) is 4.85. The molecular weight excluding hydrogens is 280 g/mol. The van der Waals surface area contributed by atoms with Crippen LogP contribution >= 0.6 is 11.3 Å². The monoisotopic (exact) mass is 290 g/mol. The summed E-state index contributed by atoms with van der Waals surface area (Å²) in [6.45, 7) is 1.85. The minimum atomic E-state index is -0.317. The van der Waals surface area contributed by atoms with Crippen molar-refractivity contribution >= 4 is 33.3 Å². The van der Waals surface area contributed by atoms with Gasteiger partial charge in [-0.05, 0) is 6.92 Å². The van der Waals surface area contributed by atoms with Gasteiger partial charge in [0.25, 0.3) is 5.91 Å². The van der Waals surface area contributed by atoms with Crippen LogP contribution in [0.1, 0.15) is 21.4 Å². The summed E-state index contributed by atoms with van der Waals surface area (Å²) >= 11 is 1.20. The van der Waals surface area contributed by atoms with Gasteiger partial charge in [0.2, 0.25) is 5.89 Å². The predicted molar refractivity (Wildman–Crippen MR) is 72.0 cm³/mol. The van der Waals surface area contributed by atoms with Gasteiger partial charge in [-0.25, -0.2) is 9.97 Å². The van der Waals surface area contributed by atoms with E-state index < -0.39 is 0 Å².